The second-order valence-corrected chi connectivity index (χ2v) is 8.41. The fourth-order valence-electron chi connectivity index (χ4n) is 4.23. The second kappa shape index (κ2) is 9.47. The molecule has 0 aromatic heterocycles. The van der Waals surface area contributed by atoms with E-state index in [1.807, 2.05) is 37.4 Å². The summed E-state index contributed by atoms with van der Waals surface area (Å²) in [5.74, 6) is 1.73. The molecule has 2 aliphatic heterocycles. The summed E-state index contributed by atoms with van der Waals surface area (Å²) in [4.78, 5) is 19.3. The number of nitrogens with one attached hydrogen (secondary N) is 1. The van der Waals surface area contributed by atoms with Crippen LogP contribution in [0, 0.1) is 0 Å². The summed E-state index contributed by atoms with van der Waals surface area (Å²) in [7, 11) is 5.61. The zero-order chi connectivity index (χ0) is 21.8. The highest BCUT2D eigenvalue weighted by Gasteiger charge is 2.27. The van der Waals surface area contributed by atoms with Crippen molar-refractivity contribution >= 4 is 11.7 Å². The summed E-state index contributed by atoms with van der Waals surface area (Å²) in [6, 6.07) is 13.9. The largest absolute Gasteiger partial charge is 0.497 e. The number of piperazine rings is 1. The van der Waals surface area contributed by atoms with Gasteiger partial charge in [0.05, 0.1) is 13.2 Å². The number of carbonyl (C=O) groups excluding carboxylic acids is 1. The Kier molecular flexibility index (Phi) is 6.51. The molecule has 0 saturated carbocycles. The maximum atomic E-state index is 12.8. The Balaban J connectivity index is 1.39. The minimum absolute atomic E-state index is 0.0543. The summed E-state index contributed by atoms with van der Waals surface area (Å²) in [6.45, 7) is 5.12. The summed E-state index contributed by atoms with van der Waals surface area (Å²) in [6.07, 6.45) is 0.774. The van der Waals surface area contributed by atoms with Crippen molar-refractivity contribution in [2.45, 2.75) is 19.0 Å². The number of carbonyl (C=O) groups is 1. The number of fused-ring (bicyclic) bond motifs is 1. The monoisotopic (exact) mass is 424 g/mol. The van der Waals surface area contributed by atoms with Gasteiger partial charge in [0.15, 0.2) is 0 Å². The van der Waals surface area contributed by atoms with Gasteiger partial charge in [-0.05, 0) is 36.9 Å². The van der Waals surface area contributed by atoms with Crippen LogP contribution >= 0.6 is 0 Å². The van der Waals surface area contributed by atoms with Gasteiger partial charge in [0.2, 0.25) is 0 Å². The molecule has 0 radical (unpaired) electrons. The maximum absolute atomic E-state index is 12.8. The SMILES string of the molecule is COc1cccc(CN(C)C(=O)N[C@@H]2COc3cccc(N4CCN(C)CC4)c3C2)c1. The van der Waals surface area contributed by atoms with E-state index < -0.39 is 0 Å². The van der Waals surface area contributed by atoms with Crippen LogP contribution in [-0.2, 0) is 13.0 Å². The Labute approximate surface area is 184 Å². The first-order chi connectivity index (χ1) is 15.0. The number of anilines is 1. The van der Waals surface area contributed by atoms with Gasteiger partial charge in [-0.15, -0.1) is 0 Å². The number of amides is 2. The van der Waals surface area contributed by atoms with Gasteiger partial charge in [-0.3, -0.25) is 0 Å². The van der Waals surface area contributed by atoms with Crippen molar-refractivity contribution in [1.29, 1.82) is 0 Å². The average Bonchev–Trinajstić information content (AvgIpc) is 2.79. The van der Waals surface area contributed by atoms with Crippen molar-refractivity contribution in [3.8, 4) is 11.5 Å². The number of urea groups is 1. The minimum atomic E-state index is -0.100. The zero-order valence-corrected chi connectivity index (χ0v) is 18.6. The molecule has 0 aliphatic carbocycles. The number of ether oxygens (including phenoxy) is 2. The lowest BCUT2D eigenvalue weighted by Crippen LogP contribution is -2.48. The summed E-state index contributed by atoms with van der Waals surface area (Å²) in [5, 5.41) is 3.15. The van der Waals surface area contributed by atoms with Gasteiger partial charge in [-0.2, -0.15) is 0 Å². The molecule has 2 aromatic carbocycles. The zero-order valence-electron chi connectivity index (χ0n) is 18.6. The van der Waals surface area contributed by atoms with Crippen molar-refractivity contribution in [1.82, 2.24) is 15.1 Å². The van der Waals surface area contributed by atoms with Crippen molar-refractivity contribution in [3.63, 3.8) is 0 Å². The summed E-state index contributed by atoms with van der Waals surface area (Å²) < 4.78 is 11.3. The van der Waals surface area contributed by atoms with Gasteiger partial charge in [-0.25, -0.2) is 4.79 Å². The minimum Gasteiger partial charge on any atom is -0.497 e. The molecule has 0 spiro atoms. The van der Waals surface area contributed by atoms with Gasteiger partial charge in [0.25, 0.3) is 0 Å². The molecule has 0 unspecified atom stereocenters. The van der Waals surface area contributed by atoms with E-state index in [-0.39, 0.29) is 12.1 Å². The Morgan fingerprint density at radius 3 is 2.74 bits per heavy atom. The fourth-order valence-corrected chi connectivity index (χ4v) is 4.23. The lowest BCUT2D eigenvalue weighted by molar-refractivity contribution is 0.188. The van der Waals surface area contributed by atoms with E-state index in [9.17, 15) is 4.79 Å². The quantitative estimate of drug-likeness (QED) is 0.800. The third-order valence-electron chi connectivity index (χ3n) is 6.07. The Bertz CT molecular complexity index is 911. The predicted octanol–water partition coefficient (Wildman–Crippen LogP) is 2.59. The molecule has 31 heavy (non-hydrogen) atoms. The highest BCUT2D eigenvalue weighted by atomic mass is 16.5. The van der Waals surface area contributed by atoms with Gasteiger partial charge in [-0.1, -0.05) is 18.2 Å². The lowest BCUT2D eigenvalue weighted by Gasteiger charge is -2.37. The van der Waals surface area contributed by atoms with Crippen LogP contribution in [0.5, 0.6) is 11.5 Å². The molecule has 2 amide bonds. The van der Waals surface area contributed by atoms with Crippen LogP contribution in [0.2, 0.25) is 0 Å². The van der Waals surface area contributed by atoms with Crippen LogP contribution in [0.25, 0.3) is 0 Å². The van der Waals surface area contributed by atoms with E-state index in [1.54, 1.807) is 12.0 Å². The molecule has 2 heterocycles. The van der Waals surface area contributed by atoms with E-state index in [2.05, 4.69) is 34.3 Å². The van der Waals surface area contributed by atoms with Gasteiger partial charge in [0.1, 0.15) is 18.1 Å². The first-order valence-electron chi connectivity index (χ1n) is 10.9. The molecule has 1 fully saturated rings. The van der Waals surface area contributed by atoms with Crippen LogP contribution in [0.4, 0.5) is 10.5 Å². The van der Waals surface area contributed by atoms with Crippen LogP contribution in [-0.4, -0.2) is 75.9 Å². The van der Waals surface area contributed by atoms with E-state index in [1.165, 1.54) is 11.3 Å². The molecule has 7 heteroatoms. The molecule has 2 aromatic rings. The Morgan fingerprint density at radius 2 is 1.97 bits per heavy atom. The molecule has 1 atom stereocenters. The topological polar surface area (TPSA) is 57.3 Å². The first kappa shape index (κ1) is 21.3. The molecule has 166 valence electrons. The molecule has 2 aliphatic rings. The van der Waals surface area contributed by atoms with E-state index >= 15 is 0 Å². The van der Waals surface area contributed by atoms with Gasteiger partial charge in [0, 0.05) is 57.4 Å². The molecule has 0 bridgehead atoms. The third kappa shape index (κ3) is 5.05. The molecule has 7 nitrogen and oxygen atoms in total. The number of hydrogen-bond acceptors (Lipinski definition) is 5. The number of likely N-dealkylation sites (N-methyl/N-ethyl adjacent to an activating group) is 1. The fraction of sp³-hybridized carbons (Fsp3) is 0.458. The highest BCUT2D eigenvalue weighted by Crippen LogP contribution is 2.34. The van der Waals surface area contributed by atoms with Crippen LogP contribution in [0.1, 0.15) is 11.1 Å². The molecular formula is C24H32N4O3. The van der Waals surface area contributed by atoms with Crippen LogP contribution in [0.3, 0.4) is 0 Å². The normalized spacial score (nSPS) is 18.7. The molecular weight excluding hydrogens is 392 g/mol. The van der Waals surface area contributed by atoms with E-state index in [0.29, 0.717) is 13.2 Å². The van der Waals surface area contributed by atoms with Crippen molar-refractivity contribution < 1.29 is 14.3 Å². The number of nitrogens with zero attached hydrogens (tertiary/aromatic N) is 3. The van der Waals surface area contributed by atoms with Gasteiger partial charge >= 0.3 is 6.03 Å². The first-order valence-corrected chi connectivity index (χ1v) is 10.9. The van der Waals surface area contributed by atoms with E-state index in [4.69, 9.17) is 9.47 Å². The number of hydrogen-bond donors (Lipinski definition) is 1. The lowest BCUT2D eigenvalue weighted by atomic mass is 9.99. The third-order valence-corrected chi connectivity index (χ3v) is 6.07. The molecule has 4 rings (SSSR count). The van der Waals surface area contributed by atoms with Crippen molar-refractivity contribution in [2.75, 3.05) is 58.9 Å². The summed E-state index contributed by atoms with van der Waals surface area (Å²) in [5.41, 5.74) is 3.45. The number of methoxy groups -OCH3 is 1. The van der Waals surface area contributed by atoms with Crippen molar-refractivity contribution in [2.24, 2.45) is 0 Å². The number of rotatable bonds is 5. The maximum Gasteiger partial charge on any atom is 0.317 e. The Hall–Kier alpha value is -2.93. The molecule has 1 saturated heterocycles. The van der Waals surface area contributed by atoms with Crippen LogP contribution in [0.15, 0.2) is 42.5 Å². The van der Waals surface area contributed by atoms with Crippen molar-refractivity contribution in [3.05, 3.63) is 53.6 Å². The summed E-state index contributed by atoms with van der Waals surface area (Å²) >= 11 is 0. The average molecular weight is 425 g/mol. The standard InChI is InChI=1S/C24H32N4O3/c1-26-10-12-28(13-11-26)22-8-5-9-23-21(22)15-19(17-31-23)25-24(29)27(2)16-18-6-4-7-20(14-18)30-3/h4-9,14,19H,10-13,15-17H2,1-3H3,(H,25,29)/t19-/m0/s1. The van der Waals surface area contributed by atoms with Gasteiger partial charge < -0.3 is 29.5 Å². The molecule has 1 N–H and O–H groups in total. The van der Waals surface area contributed by atoms with E-state index in [0.717, 1.165) is 49.7 Å². The number of benzene rings is 2. The smallest absolute Gasteiger partial charge is 0.317 e. The van der Waals surface area contributed by atoms with Crippen LogP contribution < -0.4 is 19.7 Å². The Morgan fingerprint density at radius 1 is 1.19 bits per heavy atom. The predicted molar refractivity (Wildman–Crippen MR) is 122 cm³/mol. The highest BCUT2D eigenvalue weighted by molar-refractivity contribution is 5.74. The second-order valence-electron chi connectivity index (χ2n) is 8.41.